The molecule has 0 amide bonds. The molecule has 0 spiro atoms. The molecule has 0 radical (unpaired) electrons. The lowest BCUT2D eigenvalue weighted by molar-refractivity contribution is -0.0395. The van der Waals surface area contributed by atoms with Gasteiger partial charge in [0.15, 0.2) is 22.6 Å². The maximum Gasteiger partial charge on any atom is 0.386 e. The summed E-state index contributed by atoms with van der Waals surface area (Å²) in [6.07, 6.45) is 2.40. The molecular weight excluding hydrogens is 632 g/mol. The Morgan fingerprint density at radius 1 is 0.857 bits per heavy atom. The fraction of sp³-hybridized carbons (Fsp3) is 0.524. The predicted octanol–water partition coefficient (Wildman–Crippen LogP) is 2.44. The summed E-state index contributed by atoms with van der Waals surface area (Å²) in [7, 11) is 1.57. The lowest BCUT2D eigenvalue weighted by atomic mass is 10.2. The van der Waals surface area contributed by atoms with Gasteiger partial charge in [-0.05, 0) is 6.42 Å². The van der Waals surface area contributed by atoms with Crippen molar-refractivity contribution in [2.75, 3.05) is 12.3 Å². The average molecular weight is 658 g/mol. The fourth-order valence-corrected chi connectivity index (χ4v) is 9.08. The highest BCUT2D eigenvalue weighted by atomic mass is 32.7. The molecule has 0 aromatic carbocycles. The standard InChI is InChI=1S/C21H25N9O8P2S2/c1-28-7-27-20-17(21(28)31)26-8-29(20)11-2-10-3-12(11)37-39(32,41)34-5-14-13(38-40(33,42)36-10)4-15(35-14)30-9-25-16-18(22)23-6-24-19(16)30/h6-15H,2-5H2,1H3,(H,32,41)(H,33,42)(H2,22,23,24)/t10-,11+,12+,13-,14+,15+,39-,40-/m0/s1. The zero-order chi connectivity index (χ0) is 29.4. The number of imidazole rings is 2. The molecule has 224 valence electrons. The van der Waals surface area contributed by atoms with E-state index in [0.29, 0.717) is 16.8 Å². The number of nitrogens with two attached hydrogens (primary N) is 1. The molecule has 4 aromatic rings. The second-order valence-corrected chi connectivity index (χ2v) is 15.9. The van der Waals surface area contributed by atoms with Gasteiger partial charge in [-0.25, -0.2) is 34.0 Å². The first kappa shape index (κ1) is 28.4. The number of hydrogen-bond donors (Lipinski definition) is 3. The largest absolute Gasteiger partial charge is 0.386 e. The number of anilines is 1. The SMILES string of the molecule is Cn1cnc2c(ncn2[C@@H]2C[C@H]3C[C@H]2O[P@@](=O)(S)OC[C@H]2O[C@@H](n4cnc5c(N)ncnc54)C[C@@H]2O[P@@](=O)(S)O3)c1=O. The Morgan fingerprint density at radius 2 is 1.60 bits per heavy atom. The van der Waals surface area contributed by atoms with Crippen LogP contribution in [0, 0.1) is 0 Å². The Labute approximate surface area is 247 Å². The minimum absolute atomic E-state index is 0.159. The van der Waals surface area contributed by atoms with E-state index in [1.807, 2.05) is 0 Å². The third-order valence-electron chi connectivity index (χ3n) is 7.53. The number of nitrogen functional groups attached to an aromatic ring is 1. The van der Waals surface area contributed by atoms with Crippen molar-refractivity contribution in [3.63, 3.8) is 0 Å². The normalized spacial score (nSPS) is 35.7. The number of aromatic nitrogens is 8. The Balaban J connectivity index is 1.17. The van der Waals surface area contributed by atoms with Crippen LogP contribution < -0.4 is 11.3 Å². The van der Waals surface area contributed by atoms with Crippen LogP contribution in [0.5, 0.6) is 0 Å². The van der Waals surface area contributed by atoms with E-state index in [1.165, 1.54) is 29.9 Å². The first-order valence-corrected chi connectivity index (χ1v) is 18.2. The second-order valence-electron chi connectivity index (χ2n) is 10.2. The van der Waals surface area contributed by atoms with E-state index in [0.717, 1.165) is 0 Å². The molecule has 6 heterocycles. The third-order valence-corrected chi connectivity index (χ3v) is 10.8. The summed E-state index contributed by atoms with van der Waals surface area (Å²) < 4.78 is 61.2. The van der Waals surface area contributed by atoms with E-state index in [4.69, 9.17) is 28.6 Å². The van der Waals surface area contributed by atoms with Crippen molar-refractivity contribution in [1.29, 1.82) is 0 Å². The maximum atomic E-state index is 13.5. The quantitative estimate of drug-likeness (QED) is 0.209. The number of ether oxygens (including phenoxy) is 1. The molecule has 3 aliphatic rings. The first-order chi connectivity index (χ1) is 20.0. The summed E-state index contributed by atoms with van der Waals surface area (Å²) in [4.78, 5) is 33.6. The summed E-state index contributed by atoms with van der Waals surface area (Å²) in [5.41, 5.74) is 6.89. The molecule has 4 aromatic heterocycles. The van der Waals surface area contributed by atoms with E-state index in [2.05, 4.69) is 49.4 Å². The monoisotopic (exact) mass is 657 g/mol. The van der Waals surface area contributed by atoms with Crippen molar-refractivity contribution in [3.05, 3.63) is 35.7 Å². The zero-order valence-corrected chi connectivity index (χ0v) is 25.4. The van der Waals surface area contributed by atoms with Crippen LogP contribution in [0.3, 0.4) is 0 Å². The van der Waals surface area contributed by atoms with Crippen LogP contribution >= 0.6 is 38.1 Å². The first-order valence-electron chi connectivity index (χ1n) is 12.8. The number of fused-ring (bicyclic) bond motifs is 5. The lowest BCUT2D eigenvalue weighted by Crippen LogP contribution is -2.29. The van der Waals surface area contributed by atoms with Crippen LogP contribution in [-0.4, -0.2) is 69.6 Å². The number of aryl methyl sites for hydroxylation is 1. The van der Waals surface area contributed by atoms with Gasteiger partial charge in [-0.2, -0.15) is 0 Å². The van der Waals surface area contributed by atoms with Crippen LogP contribution in [0.25, 0.3) is 22.3 Å². The molecule has 3 fully saturated rings. The molecule has 21 heteroatoms. The van der Waals surface area contributed by atoms with Crippen LogP contribution in [0.15, 0.2) is 30.1 Å². The average Bonchev–Trinajstić information content (AvgIpc) is 3.69. The molecule has 42 heavy (non-hydrogen) atoms. The van der Waals surface area contributed by atoms with Crippen LogP contribution in [-0.2, 0) is 39.0 Å². The molecule has 0 unspecified atom stereocenters. The Hall–Kier alpha value is -2.34. The van der Waals surface area contributed by atoms with Gasteiger partial charge >= 0.3 is 13.6 Å². The van der Waals surface area contributed by atoms with Crippen LogP contribution in [0.1, 0.15) is 31.5 Å². The minimum atomic E-state index is -3.97. The van der Waals surface area contributed by atoms with Gasteiger partial charge in [0.2, 0.25) is 0 Å². The minimum Gasteiger partial charge on any atom is -0.382 e. The molecule has 7 rings (SSSR count). The number of rotatable bonds is 2. The van der Waals surface area contributed by atoms with E-state index in [-0.39, 0.29) is 42.8 Å². The van der Waals surface area contributed by atoms with Gasteiger partial charge in [0, 0.05) is 19.9 Å². The number of thiol groups is 2. The van der Waals surface area contributed by atoms with Crippen molar-refractivity contribution in [3.8, 4) is 0 Å². The maximum absolute atomic E-state index is 13.5. The predicted molar refractivity (Wildman–Crippen MR) is 153 cm³/mol. The summed E-state index contributed by atoms with van der Waals surface area (Å²) in [6.45, 7) is -8.20. The fourth-order valence-electron chi connectivity index (χ4n) is 5.63. The molecule has 2 saturated heterocycles. The number of hydrogen-bond acceptors (Lipinski definition) is 14. The highest BCUT2D eigenvalue weighted by Crippen LogP contribution is 2.62. The molecular formula is C21H25N9O8P2S2. The van der Waals surface area contributed by atoms with E-state index in [1.54, 1.807) is 16.2 Å². The lowest BCUT2D eigenvalue weighted by Gasteiger charge is -2.27. The van der Waals surface area contributed by atoms with Gasteiger partial charge in [0.1, 0.15) is 30.3 Å². The van der Waals surface area contributed by atoms with Gasteiger partial charge in [-0.3, -0.25) is 27.5 Å². The molecule has 2 bridgehead atoms. The van der Waals surface area contributed by atoms with Crippen molar-refractivity contribution < 1.29 is 32.0 Å². The van der Waals surface area contributed by atoms with Crippen LogP contribution in [0.4, 0.5) is 5.82 Å². The van der Waals surface area contributed by atoms with Crippen molar-refractivity contribution >= 4 is 66.2 Å². The van der Waals surface area contributed by atoms with Crippen molar-refractivity contribution in [2.45, 2.75) is 55.9 Å². The third kappa shape index (κ3) is 5.10. The Bertz CT molecular complexity index is 1850. The highest BCUT2D eigenvalue weighted by molar-refractivity contribution is 8.44. The van der Waals surface area contributed by atoms with Crippen molar-refractivity contribution in [2.24, 2.45) is 7.05 Å². The van der Waals surface area contributed by atoms with Gasteiger partial charge in [0.05, 0.1) is 43.8 Å². The van der Waals surface area contributed by atoms with Gasteiger partial charge in [0.25, 0.3) is 5.56 Å². The molecule has 2 N–H and O–H groups in total. The summed E-state index contributed by atoms with van der Waals surface area (Å²) in [5.74, 6) is 0.208. The topological polar surface area (TPSA) is 203 Å². The Morgan fingerprint density at radius 3 is 2.43 bits per heavy atom. The summed E-state index contributed by atoms with van der Waals surface area (Å²) in [5, 5.41) is 0. The summed E-state index contributed by atoms with van der Waals surface area (Å²) >= 11 is 8.49. The highest BCUT2D eigenvalue weighted by Gasteiger charge is 2.48. The molecule has 2 aliphatic heterocycles. The van der Waals surface area contributed by atoms with E-state index >= 15 is 0 Å². The van der Waals surface area contributed by atoms with Crippen LogP contribution in [0.2, 0.25) is 0 Å². The van der Waals surface area contributed by atoms with Gasteiger partial charge in [-0.15, -0.1) is 0 Å². The second kappa shape index (κ2) is 10.4. The van der Waals surface area contributed by atoms with Gasteiger partial charge in [-0.1, -0.05) is 24.5 Å². The molecule has 8 atom stereocenters. The van der Waals surface area contributed by atoms with E-state index < -0.39 is 50.3 Å². The van der Waals surface area contributed by atoms with Crippen molar-refractivity contribution in [1.82, 2.24) is 38.6 Å². The molecule has 1 aliphatic carbocycles. The molecule has 1 saturated carbocycles. The summed E-state index contributed by atoms with van der Waals surface area (Å²) in [6, 6.07) is -0.554. The molecule has 17 nitrogen and oxygen atoms in total. The van der Waals surface area contributed by atoms with Gasteiger partial charge < -0.3 is 19.6 Å². The Kier molecular flexibility index (Phi) is 7.03. The van der Waals surface area contributed by atoms with E-state index in [9.17, 15) is 13.9 Å². The smallest absolute Gasteiger partial charge is 0.382 e. The number of nitrogens with zero attached hydrogens (tertiary/aromatic N) is 8. The zero-order valence-electron chi connectivity index (χ0n) is 21.8.